The molecule has 0 bridgehead atoms. The van der Waals surface area contributed by atoms with Gasteiger partial charge < -0.3 is 4.42 Å². The molecule has 3 nitrogen and oxygen atoms in total. The Bertz CT molecular complexity index is 1600. The summed E-state index contributed by atoms with van der Waals surface area (Å²) < 4.78 is 15.4. The number of nitrogens with zero attached hydrogens (tertiary/aromatic N) is 2. The van der Waals surface area contributed by atoms with E-state index in [2.05, 4.69) is 103 Å². The molecule has 0 fully saturated rings. The fourth-order valence-corrected chi connectivity index (χ4v) is 5.57. The summed E-state index contributed by atoms with van der Waals surface area (Å²) >= 11 is 0. The minimum atomic E-state index is -0.609. The van der Waals surface area contributed by atoms with E-state index in [1.54, 1.807) is 0 Å². The van der Waals surface area contributed by atoms with Crippen LogP contribution in [0.4, 0.5) is 0 Å². The predicted molar refractivity (Wildman–Crippen MR) is 156 cm³/mol. The highest BCUT2D eigenvalue weighted by atomic mass is 16.3. The summed E-state index contributed by atoms with van der Waals surface area (Å²) in [5.74, 6) is 0.176. The zero-order valence-corrected chi connectivity index (χ0v) is 23.1. The molecule has 0 aliphatic rings. The van der Waals surface area contributed by atoms with Crippen LogP contribution < -0.4 is 0 Å². The van der Waals surface area contributed by atoms with Gasteiger partial charge >= 0.3 is 0 Å². The van der Waals surface area contributed by atoms with Crippen molar-refractivity contribution in [3.8, 4) is 22.5 Å². The van der Waals surface area contributed by atoms with Crippen LogP contribution in [0.2, 0.25) is 0 Å². The van der Waals surface area contributed by atoms with Gasteiger partial charge in [0.25, 0.3) is 0 Å². The van der Waals surface area contributed by atoms with Crippen LogP contribution in [0.1, 0.15) is 95.7 Å². The van der Waals surface area contributed by atoms with E-state index in [0.717, 1.165) is 57.3 Å². The molecule has 0 amide bonds. The molecule has 5 aromatic rings. The first-order chi connectivity index (χ1) is 18.2. The van der Waals surface area contributed by atoms with Gasteiger partial charge in [-0.05, 0) is 84.0 Å². The van der Waals surface area contributed by atoms with Crippen LogP contribution in [0.25, 0.3) is 44.6 Å². The number of aryl methyl sites for hydroxylation is 1. The molecule has 0 saturated carbocycles. The molecule has 0 atom stereocenters. The molecule has 0 unspecified atom stereocenters. The van der Waals surface area contributed by atoms with Crippen molar-refractivity contribution in [2.24, 2.45) is 0 Å². The Balaban J connectivity index is 1.67. The summed E-state index contributed by atoms with van der Waals surface area (Å²) in [6.45, 7) is 15.2. The first kappa shape index (κ1) is 23.9. The van der Waals surface area contributed by atoms with Gasteiger partial charge in [-0.15, -0.1) is 0 Å². The zero-order chi connectivity index (χ0) is 27.2. The third kappa shape index (κ3) is 4.45. The van der Waals surface area contributed by atoms with Gasteiger partial charge in [0.15, 0.2) is 0 Å². The molecule has 190 valence electrons. The van der Waals surface area contributed by atoms with E-state index in [1.165, 1.54) is 16.7 Å². The van der Waals surface area contributed by atoms with E-state index in [1.807, 2.05) is 6.20 Å². The molecular formula is C34H38N2O. The maximum atomic E-state index is 8.89. The van der Waals surface area contributed by atoms with Crippen LogP contribution in [0.5, 0.6) is 0 Å². The van der Waals surface area contributed by atoms with Gasteiger partial charge in [-0.3, -0.25) is 4.98 Å². The molecular weight excluding hydrogens is 452 g/mol. The van der Waals surface area contributed by atoms with E-state index in [9.17, 15) is 0 Å². The number of furan rings is 1. The van der Waals surface area contributed by atoms with Gasteiger partial charge in [-0.1, -0.05) is 71.9 Å². The topological polar surface area (TPSA) is 38.9 Å². The second-order valence-electron chi connectivity index (χ2n) is 10.6. The molecule has 2 aromatic carbocycles. The van der Waals surface area contributed by atoms with Crippen LogP contribution >= 0.6 is 0 Å². The fraction of sp³-hybridized carbons (Fsp3) is 0.353. The summed E-state index contributed by atoms with van der Waals surface area (Å²) in [5, 5.41) is 2.05. The average molecular weight is 492 g/mol. The number of para-hydroxylation sites is 1. The third-order valence-electron chi connectivity index (χ3n) is 7.61. The van der Waals surface area contributed by atoms with Gasteiger partial charge in [-0.25, -0.2) is 4.98 Å². The highest BCUT2D eigenvalue weighted by molar-refractivity contribution is 6.08. The number of rotatable bonds is 7. The normalized spacial score (nSPS) is 12.7. The van der Waals surface area contributed by atoms with Crippen molar-refractivity contribution in [2.45, 2.75) is 79.0 Å². The summed E-state index contributed by atoms with van der Waals surface area (Å²) in [4.78, 5) is 9.90. The first-order valence-corrected chi connectivity index (χ1v) is 13.6. The smallest absolute Gasteiger partial charge is 0.227 e. The van der Waals surface area contributed by atoms with Gasteiger partial charge in [-0.2, -0.15) is 0 Å². The Hall–Kier alpha value is -3.46. The molecule has 3 heterocycles. The van der Waals surface area contributed by atoms with Gasteiger partial charge in [0.05, 0.1) is 11.4 Å². The molecule has 0 saturated heterocycles. The molecule has 0 N–H and O–H groups in total. The van der Waals surface area contributed by atoms with Crippen LogP contribution in [-0.4, -0.2) is 9.97 Å². The zero-order valence-electron chi connectivity index (χ0n) is 24.1. The van der Waals surface area contributed by atoms with Crippen LogP contribution in [-0.2, 0) is 0 Å². The number of fused-ring (bicyclic) bond motifs is 3. The number of benzene rings is 2. The van der Waals surface area contributed by atoms with Crippen molar-refractivity contribution in [3.63, 3.8) is 0 Å². The lowest BCUT2D eigenvalue weighted by Crippen LogP contribution is -2.00. The molecule has 0 aliphatic heterocycles. The Morgan fingerprint density at radius 3 is 2.11 bits per heavy atom. The SMILES string of the molecule is [2H]C(CC)(CC)c1cnc(-c2cccc3c2oc2nc(-c4c(C(C)C)cccc4C(C)C)ccc23)cc1C. The van der Waals surface area contributed by atoms with E-state index < -0.39 is 5.89 Å². The Labute approximate surface area is 222 Å². The van der Waals surface area contributed by atoms with Crippen LogP contribution in [0.3, 0.4) is 0 Å². The second-order valence-corrected chi connectivity index (χ2v) is 10.6. The predicted octanol–water partition coefficient (Wildman–Crippen LogP) is 10.2. The quantitative estimate of drug-likeness (QED) is 0.227. The maximum Gasteiger partial charge on any atom is 0.227 e. The minimum absolute atomic E-state index is 0.392. The van der Waals surface area contributed by atoms with E-state index in [-0.39, 0.29) is 0 Å². The third-order valence-corrected chi connectivity index (χ3v) is 7.61. The van der Waals surface area contributed by atoms with E-state index in [0.29, 0.717) is 17.5 Å². The summed E-state index contributed by atoms with van der Waals surface area (Å²) in [7, 11) is 0. The van der Waals surface area contributed by atoms with Crippen molar-refractivity contribution in [3.05, 3.63) is 83.0 Å². The number of pyridine rings is 2. The first-order valence-electron chi connectivity index (χ1n) is 14.1. The Kier molecular flexibility index (Phi) is 6.54. The number of aromatic nitrogens is 2. The van der Waals surface area contributed by atoms with E-state index >= 15 is 0 Å². The van der Waals surface area contributed by atoms with Gasteiger partial charge in [0.1, 0.15) is 5.58 Å². The highest BCUT2D eigenvalue weighted by Gasteiger charge is 2.20. The lowest BCUT2D eigenvalue weighted by molar-refractivity contribution is 0.635. The van der Waals surface area contributed by atoms with Crippen molar-refractivity contribution in [1.82, 2.24) is 9.97 Å². The van der Waals surface area contributed by atoms with Crippen LogP contribution in [0, 0.1) is 6.92 Å². The summed E-state index contributed by atoms with van der Waals surface area (Å²) in [5.41, 5.74) is 10.1. The van der Waals surface area contributed by atoms with Gasteiger partial charge in [0, 0.05) is 29.5 Å². The van der Waals surface area contributed by atoms with Crippen LogP contribution in [0.15, 0.2) is 65.2 Å². The van der Waals surface area contributed by atoms with Crippen molar-refractivity contribution in [2.75, 3.05) is 0 Å². The molecule has 37 heavy (non-hydrogen) atoms. The number of hydrogen-bond donors (Lipinski definition) is 0. The Morgan fingerprint density at radius 1 is 0.811 bits per heavy atom. The maximum absolute atomic E-state index is 8.89. The van der Waals surface area contributed by atoms with Crippen molar-refractivity contribution < 1.29 is 5.79 Å². The lowest BCUT2D eigenvalue weighted by atomic mass is 9.87. The average Bonchev–Trinajstić information content (AvgIpc) is 3.30. The molecule has 0 aliphatic carbocycles. The molecule has 0 spiro atoms. The molecule has 0 radical (unpaired) electrons. The molecule has 5 rings (SSSR count). The van der Waals surface area contributed by atoms with E-state index in [4.69, 9.17) is 15.8 Å². The largest absolute Gasteiger partial charge is 0.437 e. The lowest BCUT2D eigenvalue weighted by Gasteiger charge is -2.19. The monoisotopic (exact) mass is 491 g/mol. The summed E-state index contributed by atoms with van der Waals surface area (Å²) in [6.07, 6.45) is 3.41. The fourth-order valence-electron chi connectivity index (χ4n) is 5.57. The molecule has 3 heteroatoms. The standard InChI is InChI=1S/C34H38N2O/c1-8-23(9-2)29-19-35-31(18-22(29)7)28-15-11-14-26-27-16-17-30(36-34(27)37-33(26)28)32-24(20(3)4)12-10-13-25(32)21(5)6/h10-21,23H,8-9H2,1-7H3/i23D. The molecule has 3 aromatic heterocycles. The van der Waals surface area contributed by atoms with Crippen molar-refractivity contribution in [1.29, 1.82) is 0 Å². The van der Waals surface area contributed by atoms with Crippen molar-refractivity contribution >= 4 is 22.1 Å². The summed E-state index contributed by atoms with van der Waals surface area (Å²) in [6, 6.07) is 19.2. The number of hydrogen-bond acceptors (Lipinski definition) is 3. The minimum Gasteiger partial charge on any atom is -0.437 e. The second kappa shape index (κ2) is 10.1. The van der Waals surface area contributed by atoms with Gasteiger partial charge in [0.2, 0.25) is 5.71 Å². The Morgan fingerprint density at radius 2 is 1.49 bits per heavy atom. The highest BCUT2D eigenvalue weighted by Crippen LogP contribution is 2.39.